The van der Waals surface area contributed by atoms with Crippen LogP contribution in [0, 0.1) is 5.92 Å². The minimum Gasteiger partial charge on any atom is -0.343 e. The van der Waals surface area contributed by atoms with Gasteiger partial charge in [-0.15, -0.1) is 0 Å². The molecule has 0 amide bonds. The Morgan fingerprint density at radius 2 is 2.22 bits per heavy atom. The molecule has 3 N–H and O–H groups in total. The van der Waals surface area contributed by atoms with Crippen LogP contribution in [0.4, 0.5) is 17.6 Å². The number of H-pyrrole nitrogens is 1. The Bertz CT molecular complexity index is 658. The van der Waals surface area contributed by atoms with E-state index in [2.05, 4.69) is 48.8 Å². The van der Waals surface area contributed by atoms with Gasteiger partial charge in [-0.25, -0.2) is 4.98 Å². The van der Waals surface area contributed by atoms with E-state index in [-0.39, 0.29) is 0 Å². The highest BCUT2D eigenvalue weighted by Crippen LogP contribution is 2.39. The first-order valence-corrected chi connectivity index (χ1v) is 8.35. The van der Waals surface area contributed by atoms with E-state index in [0.717, 1.165) is 37.2 Å². The molecule has 1 atom stereocenters. The van der Waals surface area contributed by atoms with Crippen molar-refractivity contribution in [2.24, 2.45) is 5.92 Å². The summed E-state index contributed by atoms with van der Waals surface area (Å²) in [5.74, 6) is 3.69. The molecule has 1 aliphatic carbocycles. The molecule has 0 aromatic carbocycles. The Labute approximate surface area is 135 Å². The van der Waals surface area contributed by atoms with Crippen LogP contribution in [0.25, 0.3) is 0 Å². The number of aromatic nitrogens is 4. The third kappa shape index (κ3) is 3.44. The number of aromatic amines is 1. The SMILES string of the molecule is CN(C[C@@H]1CCNC1)c1nccc(Nc2cc(C3CC3)[nH]n2)n1. The highest BCUT2D eigenvalue weighted by molar-refractivity contribution is 5.53. The van der Waals surface area contributed by atoms with Gasteiger partial charge in [0.25, 0.3) is 0 Å². The van der Waals surface area contributed by atoms with E-state index < -0.39 is 0 Å². The summed E-state index contributed by atoms with van der Waals surface area (Å²) in [5.41, 5.74) is 1.22. The summed E-state index contributed by atoms with van der Waals surface area (Å²) in [7, 11) is 2.05. The molecule has 0 unspecified atom stereocenters. The average molecular weight is 313 g/mol. The van der Waals surface area contributed by atoms with Gasteiger partial charge in [0.05, 0.1) is 0 Å². The van der Waals surface area contributed by atoms with Crippen LogP contribution < -0.4 is 15.5 Å². The fourth-order valence-corrected chi connectivity index (χ4v) is 3.08. The first-order valence-electron chi connectivity index (χ1n) is 8.35. The molecule has 1 saturated heterocycles. The predicted octanol–water partition coefficient (Wildman–Crippen LogP) is 1.87. The van der Waals surface area contributed by atoms with Crippen LogP contribution in [0.1, 0.15) is 30.9 Å². The monoisotopic (exact) mass is 313 g/mol. The standard InChI is InChI=1S/C16H23N7/c1-23(10-11-4-6-17-9-11)16-18-7-5-14(20-16)19-15-8-13(21-22-15)12-2-3-12/h5,7-8,11-12,17H,2-4,6,9-10H2,1H3,(H2,18,19,20,21,22)/t11-/m1/s1. The van der Waals surface area contributed by atoms with Crippen molar-refractivity contribution in [3.05, 3.63) is 24.0 Å². The maximum absolute atomic E-state index is 4.61. The molecule has 2 aromatic heterocycles. The number of anilines is 3. The lowest BCUT2D eigenvalue weighted by Gasteiger charge is -2.20. The van der Waals surface area contributed by atoms with Gasteiger partial charge in [-0.05, 0) is 44.3 Å². The maximum atomic E-state index is 4.61. The van der Waals surface area contributed by atoms with E-state index in [1.165, 1.54) is 25.0 Å². The number of hydrogen-bond donors (Lipinski definition) is 3. The second-order valence-electron chi connectivity index (χ2n) is 6.59. The van der Waals surface area contributed by atoms with E-state index >= 15 is 0 Å². The zero-order valence-electron chi connectivity index (χ0n) is 13.4. The Balaban J connectivity index is 1.42. The quantitative estimate of drug-likeness (QED) is 0.755. The third-order valence-electron chi connectivity index (χ3n) is 4.55. The van der Waals surface area contributed by atoms with Crippen molar-refractivity contribution in [3.8, 4) is 0 Å². The zero-order valence-corrected chi connectivity index (χ0v) is 13.4. The lowest BCUT2D eigenvalue weighted by molar-refractivity contribution is 0.573. The van der Waals surface area contributed by atoms with Gasteiger partial charge in [0.15, 0.2) is 5.82 Å². The van der Waals surface area contributed by atoms with Gasteiger partial charge in [-0.2, -0.15) is 10.1 Å². The Kier molecular flexibility index (Phi) is 3.87. The van der Waals surface area contributed by atoms with Crippen molar-refractivity contribution < 1.29 is 0 Å². The highest BCUT2D eigenvalue weighted by Gasteiger charge is 2.25. The Morgan fingerprint density at radius 3 is 3.00 bits per heavy atom. The molecule has 7 heteroatoms. The molecule has 0 radical (unpaired) electrons. The van der Waals surface area contributed by atoms with Gasteiger partial charge in [0.1, 0.15) is 5.82 Å². The average Bonchev–Trinajstić information content (AvgIpc) is 3.09. The summed E-state index contributed by atoms with van der Waals surface area (Å²) < 4.78 is 0. The van der Waals surface area contributed by atoms with Gasteiger partial charge in [-0.3, -0.25) is 5.10 Å². The number of nitrogens with one attached hydrogen (secondary N) is 3. The van der Waals surface area contributed by atoms with Crippen molar-refractivity contribution in [2.45, 2.75) is 25.2 Å². The van der Waals surface area contributed by atoms with Gasteiger partial charge in [0.2, 0.25) is 5.95 Å². The first kappa shape index (κ1) is 14.4. The predicted molar refractivity (Wildman–Crippen MR) is 90.1 cm³/mol. The topological polar surface area (TPSA) is 81.8 Å². The number of hydrogen-bond acceptors (Lipinski definition) is 6. The largest absolute Gasteiger partial charge is 0.343 e. The number of nitrogens with zero attached hydrogens (tertiary/aromatic N) is 4. The van der Waals surface area contributed by atoms with Crippen molar-refractivity contribution in [2.75, 3.05) is 36.9 Å². The van der Waals surface area contributed by atoms with Crippen LogP contribution in [-0.4, -0.2) is 46.8 Å². The second-order valence-corrected chi connectivity index (χ2v) is 6.59. The summed E-state index contributed by atoms with van der Waals surface area (Å²) in [6.45, 7) is 3.17. The van der Waals surface area contributed by atoms with Crippen molar-refractivity contribution >= 4 is 17.6 Å². The smallest absolute Gasteiger partial charge is 0.227 e. The van der Waals surface area contributed by atoms with Gasteiger partial charge < -0.3 is 15.5 Å². The summed E-state index contributed by atoms with van der Waals surface area (Å²) in [6.07, 6.45) is 5.54. The van der Waals surface area contributed by atoms with Crippen LogP contribution in [-0.2, 0) is 0 Å². The lowest BCUT2D eigenvalue weighted by Crippen LogP contribution is -2.28. The Morgan fingerprint density at radius 1 is 1.30 bits per heavy atom. The highest BCUT2D eigenvalue weighted by atomic mass is 15.3. The van der Waals surface area contributed by atoms with Crippen molar-refractivity contribution in [1.29, 1.82) is 0 Å². The molecule has 3 heterocycles. The first-order chi connectivity index (χ1) is 11.3. The molecule has 122 valence electrons. The zero-order chi connectivity index (χ0) is 15.6. The van der Waals surface area contributed by atoms with Crippen LogP contribution >= 0.6 is 0 Å². The summed E-state index contributed by atoms with van der Waals surface area (Å²) in [4.78, 5) is 11.1. The molecule has 2 fully saturated rings. The normalized spacial score (nSPS) is 20.7. The van der Waals surface area contributed by atoms with Crippen LogP contribution in [0.2, 0.25) is 0 Å². The third-order valence-corrected chi connectivity index (χ3v) is 4.55. The van der Waals surface area contributed by atoms with E-state index in [1.54, 1.807) is 6.20 Å². The second kappa shape index (κ2) is 6.16. The van der Waals surface area contributed by atoms with E-state index in [9.17, 15) is 0 Å². The molecule has 0 spiro atoms. The fourth-order valence-electron chi connectivity index (χ4n) is 3.08. The molecule has 23 heavy (non-hydrogen) atoms. The van der Waals surface area contributed by atoms with E-state index in [4.69, 9.17) is 0 Å². The lowest BCUT2D eigenvalue weighted by atomic mass is 10.1. The van der Waals surface area contributed by atoms with Gasteiger partial charge in [-0.1, -0.05) is 0 Å². The van der Waals surface area contributed by atoms with E-state index in [0.29, 0.717) is 11.8 Å². The number of rotatable bonds is 6. The molecular weight excluding hydrogens is 290 g/mol. The van der Waals surface area contributed by atoms with Crippen LogP contribution in [0.15, 0.2) is 18.3 Å². The van der Waals surface area contributed by atoms with Crippen molar-refractivity contribution in [3.63, 3.8) is 0 Å². The molecule has 1 aliphatic heterocycles. The molecular formula is C16H23N7. The van der Waals surface area contributed by atoms with Crippen molar-refractivity contribution in [1.82, 2.24) is 25.5 Å². The molecule has 1 saturated carbocycles. The molecule has 7 nitrogen and oxygen atoms in total. The van der Waals surface area contributed by atoms with Gasteiger partial charge in [0, 0.05) is 37.5 Å². The van der Waals surface area contributed by atoms with Crippen LogP contribution in [0.3, 0.4) is 0 Å². The fraction of sp³-hybridized carbons (Fsp3) is 0.562. The molecule has 4 rings (SSSR count). The summed E-state index contributed by atoms with van der Waals surface area (Å²) in [6, 6.07) is 3.95. The summed E-state index contributed by atoms with van der Waals surface area (Å²) >= 11 is 0. The Hall–Kier alpha value is -2.15. The van der Waals surface area contributed by atoms with Gasteiger partial charge >= 0.3 is 0 Å². The molecule has 2 aromatic rings. The van der Waals surface area contributed by atoms with Crippen LogP contribution in [0.5, 0.6) is 0 Å². The van der Waals surface area contributed by atoms with E-state index in [1.807, 2.05) is 6.07 Å². The minimum atomic E-state index is 0.671. The molecule has 2 aliphatic rings. The maximum Gasteiger partial charge on any atom is 0.227 e. The minimum absolute atomic E-state index is 0.671. The molecule has 0 bridgehead atoms. The summed E-state index contributed by atoms with van der Waals surface area (Å²) in [5, 5.41) is 14.1.